The van der Waals surface area contributed by atoms with Gasteiger partial charge < -0.3 is 10.2 Å². The van der Waals surface area contributed by atoms with Crippen LogP contribution >= 0.6 is 23.4 Å². The first kappa shape index (κ1) is 21.2. The third-order valence-electron chi connectivity index (χ3n) is 6.92. The number of nitrogens with one attached hydrogen (secondary N) is 1. The van der Waals surface area contributed by atoms with Gasteiger partial charge in [0.1, 0.15) is 0 Å². The predicted octanol–water partition coefficient (Wildman–Crippen LogP) is 5.74. The first-order valence-electron chi connectivity index (χ1n) is 10.9. The Balaban J connectivity index is 1.29. The lowest BCUT2D eigenvalue weighted by atomic mass is 9.76. The Hall–Kier alpha value is -1.00. The molecule has 0 radical (unpaired) electrons. The second-order valence-electron chi connectivity index (χ2n) is 8.76. The molecule has 0 amide bonds. The fourth-order valence-corrected chi connectivity index (χ4v) is 6.22. The van der Waals surface area contributed by atoms with Crippen LogP contribution in [0.2, 0.25) is 5.02 Å². The zero-order valence-electron chi connectivity index (χ0n) is 17.6. The van der Waals surface area contributed by atoms with Crippen LogP contribution in [0.4, 0.5) is 0 Å². The molecule has 29 heavy (non-hydrogen) atoms. The Labute approximate surface area is 185 Å². The van der Waals surface area contributed by atoms with Gasteiger partial charge in [-0.1, -0.05) is 53.6 Å². The van der Waals surface area contributed by atoms with Gasteiger partial charge in [-0.15, -0.1) is 0 Å². The van der Waals surface area contributed by atoms with E-state index in [0.29, 0.717) is 17.9 Å². The number of rotatable bonds is 8. The highest BCUT2D eigenvalue weighted by atomic mass is 35.5. The zero-order valence-corrected chi connectivity index (χ0v) is 19.2. The Morgan fingerprint density at radius 2 is 1.83 bits per heavy atom. The summed E-state index contributed by atoms with van der Waals surface area (Å²) in [6.07, 6.45) is 3.98. The average Bonchev–Trinajstić information content (AvgIpc) is 2.96. The maximum absolute atomic E-state index is 6.14. The maximum Gasteiger partial charge on any atom is 0.0406 e. The summed E-state index contributed by atoms with van der Waals surface area (Å²) in [7, 11) is 2.34. The van der Waals surface area contributed by atoms with Crippen LogP contribution in [-0.4, -0.2) is 42.9 Å². The van der Waals surface area contributed by atoms with Crippen LogP contribution in [0.25, 0.3) is 0 Å². The van der Waals surface area contributed by atoms with Crippen molar-refractivity contribution in [2.45, 2.75) is 49.9 Å². The van der Waals surface area contributed by atoms with Crippen LogP contribution in [-0.2, 0) is 5.75 Å². The fourth-order valence-electron chi connectivity index (χ4n) is 5.24. The summed E-state index contributed by atoms with van der Waals surface area (Å²) in [5.41, 5.74) is 4.23. The molecule has 4 atom stereocenters. The minimum absolute atomic E-state index is 0.647. The Morgan fingerprint density at radius 3 is 2.59 bits per heavy atom. The number of halogens is 1. The highest BCUT2D eigenvalue weighted by Gasteiger charge is 2.45. The predicted molar refractivity (Wildman–Crippen MR) is 127 cm³/mol. The quantitative estimate of drug-likeness (QED) is 0.540. The highest BCUT2D eigenvalue weighted by molar-refractivity contribution is 7.98. The van der Waals surface area contributed by atoms with Gasteiger partial charge in [-0.25, -0.2) is 0 Å². The molecule has 2 saturated heterocycles. The molecule has 4 heteroatoms. The molecule has 2 fully saturated rings. The van der Waals surface area contributed by atoms with Gasteiger partial charge in [-0.3, -0.25) is 0 Å². The molecule has 0 aliphatic carbocycles. The smallest absolute Gasteiger partial charge is 0.0406 e. The molecule has 2 aromatic rings. The minimum atomic E-state index is 0.647. The number of thioether (sulfide) groups is 1. The number of hydrogen-bond acceptors (Lipinski definition) is 3. The number of nitrogens with zero attached hydrogens (tertiary/aromatic N) is 1. The molecular weight excluding hydrogens is 396 g/mol. The summed E-state index contributed by atoms with van der Waals surface area (Å²) in [6.45, 7) is 4.34. The van der Waals surface area contributed by atoms with Crippen molar-refractivity contribution in [1.29, 1.82) is 0 Å². The largest absolute Gasteiger partial charge is 0.316 e. The Morgan fingerprint density at radius 1 is 1.07 bits per heavy atom. The van der Waals surface area contributed by atoms with Gasteiger partial charge in [0.15, 0.2) is 0 Å². The van der Waals surface area contributed by atoms with Gasteiger partial charge in [0.25, 0.3) is 0 Å². The van der Waals surface area contributed by atoms with E-state index in [1.165, 1.54) is 36.0 Å². The van der Waals surface area contributed by atoms with Crippen LogP contribution in [0.5, 0.6) is 0 Å². The average molecular weight is 429 g/mol. The van der Waals surface area contributed by atoms with Crippen molar-refractivity contribution < 1.29 is 0 Å². The van der Waals surface area contributed by atoms with Gasteiger partial charge in [0, 0.05) is 41.7 Å². The molecule has 4 rings (SSSR count). The minimum Gasteiger partial charge on any atom is -0.316 e. The molecule has 1 N–H and O–H groups in total. The molecule has 156 valence electrons. The molecule has 4 unspecified atom stereocenters. The fraction of sp³-hybridized carbons (Fsp3) is 0.520. The van der Waals surface area contributed by atoms with E-state index in [1.54, 1.807) is 0 Å². The van der Waals surface area contributed by atoms with Crippen LogP contribution in [0.3, 0.4) is 0 Å². The van der Waals surface area contributed by atoms with Crippen molar-refractivity contribution >= 4 is 23.4 Å². The van der Waals surface area contributed by atoms with Gasteiger partial charge >= 0.3 is 0 Å². The number of fused-ring (bicyclic) bond motifs is 2. The van der Waals surface area contributed by atoms with E-state index < -0.39 is 0 Å². The normalized spacial score (nSPS) is 26.7. The summed E-state index contributed by atoms with van der Waals surface area (Å²) < 4.78 is 0. The zero-order chi connectivity index (χ0) is 20.2. The molecule has 2 heterocycles. The Bertz CT molecular complexity index is 776. The molecule has 2 bridgehead atoms. The summed E-state index contributed by atoms with van der Waals surface area (Å²) in [5.74, 6) is 3.59. The first-order chi connectivity index (χ1) is 14.1. The van der Waals surface area contributed by atoms with Crippen LogP contribution in [0.15, 0.2) is 48.5 Å². The maximum atomic E-state index is 6.14. The number of aryl methyl sites for hydroxylation is 1. The first-order valence-corrected chi connectivity index (χ1v) is 12.5. The van der Waals surface area contributed by atoms with E-state index in [2.05, 4.69) is 72.7 Å². The van der Waals surface area contributed by atoms with Gasteiger partial charge in [-0.05, 0) is 68.3 Å². The van der Waals surface area contributed by atoms with Crippen LogP contribution in [0, 0.1) is 12.8 Å². The molecule has 2 aliphatic rings. The third kappa shape index (κ3) is 5.19. The second kappa shape index (κ2) is 9.87. The monoisotopic (exact) mass is 428 g/mol. The van der Waals surface area contributed by atoms with E-state index in [9.17, 15) is 0 Å². The summed E-state index contributed by atoms with van der Waals surface area (Å²) in [5, 5.41) is 4.63. The number of benzene rings is 2. The van der Waals surface area contributed by atoms with E-state index in [0.717, 1.165) is 35.7 Å². The van der Waals surface area contributed by atoms with Gasteiger partial charge in [0.2, 0.25) is 0 Å². The Kier molecular flexibility index (Phi) is 7.23. The van der Waals surface area contributed by atoms with E-state index >= 15 is 0 Å². The van der Waals surface area contributed by atoms with Crippen LogP contribution in [0.1, 0.15) is 41.9 Å². The van der Waals surface area contributed by atoms with Crippen molar-refractivity contribution in [2.75, 3.05) is 25.9 Å². The lowest BCUT2D eigenvalue weighted by molar-refractivity contribution is 0.0993. The molecule has 2 aromatic carbocycles. The molecular formula is C25H33ClN2S. The lowest BCUT2D eigenvalue weighted by Gasteiger charge is -2.43. The van der Waals surface area contributed by atoms with Crippen LogP contribution < -0.4 is 5.32 Å². The van der Waals surface area contributed by atoms with Gasteiger partial charge in [-0.2, -0.15) is 11.8 Å². The summed E-state index contributed by atoms with van der Waals surface area (Å²) in [4.78, 5) is 2.66. The van der Waals surface area contributed by atoms with E-state index in [-0.39, 0.29) is 0 Å². The standard InChI is InChI=1S/C25H33ClN2S/c1-18-3-5-19(6-4-18)17-29-14-13-27-16-24-23(20-7-9-21(26)10-8-20)15-22-11-12-25(24)28(22)2/h3-10,22-25,27H,11-17H2,1-2H3. The number of hydrogen-bond donors (Lipinski definition) is 1. The molecule has 0 saturated carbocycles. The summed E-state index contributed by atoms with van der Waals surface area (Å²) >= 11 is 8.17. The lowest BCUT2D eigenvalue weighted by Crippen LogP contribution is -2.49. The van der Waals surface area contributed by atoms with Crippen molar-refractivity contribution in [2.24, 2.45) is 5.92 Å². The van der Waals surface area contributed by atoms with Gasteiger partial charge in [0.05, 0.1) is 0 Å². The highest BCUT2D eigenvalue weighted by Crippen LogP contribution is 2.46. The van der Waals surface area contributed by atoms with Crippen molar-refractivity contribution in [3.8, 4) is 0 Å². The van der Waals surface area contributed by atoms with Crippen molar-refractivity contribution in [3.05, 3.63) is 70.2 Å². The second-order valence-corrected chi connectivity index (χ2v) is 10.3. The number of piperidine rings is 1. The van der Waals surface area contributed by atoms with Crippen molar-refractivity contribution in [1.82, 2.24) is 10.2 Å². The SMILES string of the molecule is Cc1ccc(CSCCNCC2C(c3ccc(Cl)cc3)CC3CCC2N3C)cc1. The molecule has 2 nitrogen and oxygen atoms in total. The van der Waals surface area contributed by atoms with E-state index in [4.69, 9.17) is 11.6 Å². The molecule has 0 spiro atoms. The third-order valence-corrected chi connectivity index (χ3v) is 8.20. The molecule has 2 aliphatic heterocycles. The topological polar surface area (TPSA) is 15.3 Å². The molecule has 0 aromatic heterocycles. The van der Waals surface area contributed by atoms with Crippen molar-refractivity contribution in [3.63, 3.8) is 0 Å². The van der Waals surface area contributed by atoms with E-state index in [1.807, 2.05) is 11.8 Å². The summed E-state index contributed by atoms with van der Waals surface area (Å²) in [6, 6.07) is 19.0.